The summed E-state index contributed by atoms with van der Waals surface area (Å²) in [6, 6.07) is 0. The fourth-order valence-corrected chi connectivity index (χ4v) is 1.09. The molecule has 0 saturated carbocycles. The number of hydrogen-bond donors (Lipinski definition) is 2. The number of rotatable bonds is 5. The molecular formula is C8H12O3S. The Bertz CT molecular complexity index is 212. The lowest BCUT2D eigenvalue weighted by molar-refractivity contribution is -0.139. The number of carboxylic acids is 1. The molecular weight excluding hydrogens is 176 g/mol. The van der Waals surface area contributed by atoms with E-state index in [1.165, 1.54) is 13.0 Å². The molecule has 0 fully saturated rings. The number of hydrogen-bond acceptors (Lipinski definition) is 3. The van der Waals surface area contributed by atoms with E-state index in [9.17, 15) is 9.59 Å². The maximum Gasteiger partial charge on any atom is 0.305 e. The summed E-state index contributed by atoms with van der Waals surface area (Å²) in [4.78, 5) is 21.4. The molecule has 0 aromatic heterocycles. The van der Waals surface area contributed by atoms with Crippen LogP contribution in [0.1, 0.15) is 19.8 Å². The largest absolute Gasteiger partial charge is 0.481 e. The van der Waals surface area contributed by atoms with E-state index in [0.717, 1.165) is 0 Å². The van der Waals surface area contributed by atoms with E-state index >= 15 is 0 Å². The Morgan fingerprint density at radius 1 is 1.67 bits per heavy atom. The maximum absolute atomic E-state index is 11.0. The Morgan fingerprint density at radius 2 is 2.17 bits per heavy atom. The Labute approximate surface area is 76.9 Å². The predicted octanol–water partition coefficient (Wildman–Crippen LogP) is 1.29. The molecule has 1 atom stereocenters. The first-order chi connectivity index (χ1) is 5.42. The standard InChI is InChI=1S/C8H12O3S/c1-3-4-8(12,6(2)9)5-7(10)11/h3,12H,1,4-5H2,2H3,(H,10,11). The van der Waals surface area contributed by atoms with Gasteiger partial charge in [-0.15, -0.1) is 6.58 Å². The maximum atomic E-state index is 11.0. The molecule has 0 aliphatic heterocycles. The van der Waals surface area contributed by atoms with Crippen molar-refractivity contribution in [3.63, 3.8) is 0 Å². The molecule has 0 bridgehead atoms. The number of ketones is 1. The fourth-order valence-electron chi connectivity index (χ4n) is 0.829. The summed E-state index contributed by atoms with van der Waals surface area (Å²) in [5.41, 5.74) is 0. The van der Waals surface area contributed by atoms with Gasteiger partial charge in [0, 0.05) is 0 Å². The van der Waals surface area contributed by atoms with E-state index in [1.54, 1.807) is 0 Å². The molecule has 12 heavy (non-hydrogen) atoms. The van der Waals surface area contributed by atoms with Crippen LogP contribution in [0.3, 0.4) is 0 Å². The SMILES string of the molecule is C=CCC(S)(CC(=O)O)C(C)=O. The smallest absolute Gasteiger partial charge is 0.305 e. The minimum absolute atomic E-state index is 0.242. The molecule has 0 aliphatic carbocycles. The average Bonchev–Trinajstić information content (AvgIpc) is 1.85. The number of carbonyl (C=O) groups excluding carboxylic acids is 1. The van der Waals surface area contributed by atoms with E-state index in [-0.39, 0.29) is 18.6 Å². The van der Waals surface area contributed by atoms with Crippen LogP contribution in [0, 0.1) is 0 Å². The van der Waals surface area contributed by atoms with Gasteiger partial charge in [-0.25, -0.2) is 0 Å². The highest BCUT2D eigenvalue weighted by atomic mass is 32.1. The molecule has 0 aliphatic rings. The van der Waals surface area contributed by atoms with Crippen molar-refractivity contribution < 1.29 is 14.7 Å². The van der Waals surface area contributed by atoms with Gasteiger partial charge in [0.1, 0.15) is 5.78 Å². The van der Waals surface area contributed by atoms with Gasteiger partial charge in [0.05, 0.1) is 11.2 Å². The van der Waals surface area contributed by atoms with Gasteiger partial charge in [0.15, 0.2) is 0 Å². The Hall–Kier alpha value is -0.770. The first-order valence-electron chi connectivity index (χ1n) is 3.48. The van der Waals surface area contributed by atoms with Crippen LogP contribution in [0.5, 0.6) is 0 Å². The van der Waals surface area contributed by atoms with Crippen LogP contribution >= 0.6 is 12.6 Å². The van der Waals surface area contributed by atoms with Gasteiger partial charge >= 0.3 is 5.97 Å². The molecule has 0 radical (unpaired) electrons. The minimum atomic E-state index is -1.09. The summed E-state index contributed by atoms with van der Waals surface area (Å²) in [7, 11) is 0. The molecule has 0 amide bonds. The van der Waals surface area contributed by atoms with Gasteiger partial charge in [-0.1, -0.05) is 6.08 Å². The molecule has 3 nitrogen and oxygen atoms in total. The van der Waals surface area contributed by atoms with Crippen LogP contribution < -0.4 is 0 Å². The third-order valence-electron chi connectivity index (χ3n) is 1.58. The van der Waals surface area contributed by atoms with Gasteiger partial charge in [-0.05, 0) is 13.3 Å². The summed E-state index contributed by atoms with van der Waals surface area (Å²) in [5, 5.41) is 8.49. The second-order valence-corrected chi connectivity index (χ2v) is 3.51. The molecule has 0 aromatic rings. The summed E-state index contributed by atoms with van der Waals surface area (Å²) < 4.78 is -1.09. The van der Waals surface area contributed by atoms with E-state index in [4.69, 9.17) is 5.11 Å². The van der Waals surface area contributed by atoms with E-state index in [1.807, 2.05) is 0 Å². The normalized spacial score (nSPS) is 14.8. The monoisotopic (exact) mass is 188 g/mol. The molecule has 4 heteroatoms. The molecule has 0 aromatic carbocycles. The van der Waals surface area contributed by atoms with Crippen molar-refractivity contribution in [1.82, 2.24) is 0 Å². The van der Waals surface area contributed by atoms with E-state index in [0.29, 0.717) is 0 Å². The number of Topliss-reactive ketones (excluding diaryl/α,β-unsaturated/α-hetero) is 1. The molecule has 1 unspecified atom stereocenters. The van der Waals surface area contributed by atoms with Crippen molar-refractivity contribution in [2.75, 3.05) is 0 Å². The van der Waals surface area contributed by atoms with Crippen LogP contribution in [0.25, 0.3) is 0 Å². The van der Waals surface area contributed by atoms with Crippen molar-refractivity contribution in [2.24, 2.45) is 0 Å². The van der Waals surface area contributed by atoms with Crippen LogP contribution in [0.2, 0.25) is 0 Å². The van der Waals surface area contributed by atoms with Crippen molar-refractivity contribution >= 4 is 24.4 Å². The lowest BCUT2D eigenvalue weighted by Crippen LogP contribution is -2.32. The summed E-state index contributed by atoms with van der Waals surface area (Å²) in [6.07, 6.45) is 1.51. The lowest BCUT2D eigenvalue weighted by atomic mass is 9.96. The zero-order chi connectivity index (χ0) is 9.78. The topological polar surface area (TPSA) is 54.4 Å². The summed E-state index contributed by atoms with van der Waals surface area (Å²) in [6.45, 7) is 4.77. The molecule has 0 saturated heterocycles. The van der Waals surface area contributed by atoms with Gasteiger partial charge in [0.25, 0.3) is 0 Å². The van der Waals surface area contributed by atoms with Crippen molar-refractivity contribution in [2.45, 2.75) is 24.5 Å². The van der Waals surface area contributed by atoms with Gasteiger partial charge in [0.2, 0.25) is 0 Å². The average molecular weight is 188 g/mol. The van der Waals surface area contributed by atoms with Crippen LogP contribution in [0.15, 0.2) is 12.7 Å². The van der Waals surface area contributed by atoms with Gasteiger partial charge < -0.3 is 5.11 Å². The first-order valence-corrected chi connectivity index (χ1v) is 3.93. The zero-order valence-electron chi connectivity index (χ0n) is 6.91. The molecule has 0 heterocycles. The predicted molar refractivity (Wildman–Crippen MR) is 49.5 cm³/mol. The first kappa shape index (κ1) is 11.2. The van der Waals surface area contributed by atoms with Crippen molar-refractivity contribution in [3.05, 3.63) is 12.7 Å². The quantitative estimate of drug-likeness (QED) is 0.505. The number of carbonyl (C=O) groups is 2. The lowest BCUT2D eigenvalue weighted by Gasteiger charge is -2.21. The fraction of sp³-hybridized carbons (Fsp3) is 0.500. The highest BCUT2D eigenvalue weighted by Gasteiger charge is 2.32. The highest BCUT2D eigenvalue weighted by molar-refractivity contribution is 7.82. The Kier molecular flexibility index (Phi) is 4.03. The second kappa shape index (κ2) is 4.30. The molecule has 1 N–H and O–H groups in total. The second-order valence-electron chi connectivity index (χ2n) is 2.65. The number of aliphatic carboxylic acids is 1. The zero-order valence-corrected chi connectivity index (χ0v) is 7.80. The van der Waals surface area contributed by atoms with E-state index in [2.05, 4.69) is 19.2 Å². The molecule has 0 spiro atoms. The van der Waals surface area contributed by atoms with Crippen molar-refractivity contribution in [1.29, 1.82) is 0 Å². The Balaban J connectivity index is 4.49. The van der Waals surface area contributed by atoms with E-state index < -0.39 is 10.7 Å². The van der Waals surface area contributed by atoms with Crippen LogP contribution in [-0.4, -0.2) is 21.6 Å². The van der Waals surface area contributed by atoms with Gasteiger partial charge in [-0.2, -0.15) is 12.6 Å². The highest BCUT2D eigenvalue weighted by Crippen LogP contribution is 2.25. The third kappa shape index (κ3) is 3.09. The van der Waals surface area contributed by atoms with Crippen LogP contribution in [-0.2, 0) is 9.59 Å². The number of carboxylic acid groups (broad SMARTS) is 1. The van der Waals surface area contributed by atoms with Crippen LogP contribution in [0.4, 0.5) is 0 Å². The molecule has 68 valence electrons. The summed E-state index contributed by atoms with van der Waals surface area (Å²) >= 11 is 4.03. The molecule has 0 rings (SSSR count). The summed E-state index contributed by atoms with van der Waals surface area (Å²) in [5.74, 6) is -1.27. The minimum Gasteiger partial charge on any atom is -0.481 e. The Morgan fingerprint density at radius 3 is 2.42 bits per heavy atom. The third-order valence-corrected chi connectivity index (χ3v) is 2.24. The van der Waals surface area contributed by atoms with Crippen molar-refractivity contribution in [3.8, 4) is 0 Å². The van der Waals surface area contributed by atoms with Gasteiger partial charge in [-0.3, -0.25) is 9.59 Å². The number of allylic oxidation sites excluding steroid dienone is 1. The number of thiol groups is 1.